The molecule has 238 valence electrons. The third-order valence-electron chi connectivity index (χ3n) is 7.91. The molecule has 0 aliphatic heterocycles. The van der Waals surface area contributed by atoms with Gasteiger partial charge in [-0.05, 0) is 47.8 Å². The number of carbonyl (C=O) groups excluding carboxylic acids is 1. The number of hydrogen-bond acceptors (Lipinski definition) is 9. The SMILES string of the molecule is CC(CO[Si](C(C)C)(C(C)C)C(C)C)OCC(Oc1ncnc2c1cnn2-c1ccccc1Cl)C(=O)Nc1ccc(C#N)cn1. The van der Waals surface area contributed by atoms with Gasteiger partial charge in [-0.3, -0.25) is 4.79 Å². The fourth-order valence-corrected chi connectivity index (χ4v) is 11.6. The number of rotatable bonds is 14. The van der Waals surface area contributed by atoms with Crippen molar-refractivity contribution in [3.8, 4) is 17.6 Å². The number of hydrogen-bond donors (Lipinski definition) is 1. The van der Waals surface area contributed by atoms with Crippen LogP contribution in [0.3, 0.4) is 0 Å². The molecular weight excluding hydrogens is 610 g/mol. The van der Waals surface area contributed by atoms with Gasteiger partial charge in [0, 0.05) is 6.20 Å². The van der Waals surface area contributed by atoms with Gasteiger partial charge in [0.15, 0.2) is 14.0 Å². The maximum absolute atomic E-state index is 13.5. The molecule has 1 aromatic carbocycles. The first-order valence-electron chi connectivity index (χ1n) is 15.0. The quantitative estimate of drug-likeness (QED) is 0.148. The van der Waals surface area contributed by atoms with Crippen LogP contribution in [0.25, 0.3) is 16.7 Å². The van der Waals surface area contributed by atoms with E-state index in [4.69, 9.17) is 30.8 Å². The average molecular weight is 650 g/mol. The second-order valence-corrected chi connectivity index (χ2v) is 17.7. The number of nitriles is 1. The van der Waals surface area contributed by atoms with Crippen molar-refractivity contribution in [2.75, 3.05) is 18.5 Å². The highest BCUT2D eigenvalue weighted by atomic mass is 35.5. The summed E-state index contributed by atoms with van der Waals surface area (Å²) >= 11 is 6.42. The van der Waals surface area contributed by atoms with Gasteiger partial charge < -0.3 is 19.2 Å². The molecule has 0 aliphatic carbocycles. The molecule has 1 N–H and O–H groups in total. The third-order valence-corrected chi connectivity index (χ3v) is 14.3. The van der Waals surface area contributed by atoms with Crippen molar-refractivity contribution in [2.24, 2.45) is 0 Å². The second-order valence-electron chi connectivity index (χ2n) is 11.8. The van der Waals surface area contributed by atoms with Crippen molar-refractivity contribution < 1.29 is 18.7 Å². The van der Waals surface area contributed by atoms with E-state index in [2.05, 4.69) is 66.9 Å². The Bertz CT molecular complexity index is 1620. The molecule has 0 saturated carbocycles. The summed E-state index contributed by atoms with van der Waals surface area (Å²) in [5.41, 5.74) is 2.76. The van der Waals surface area contributed by atoms with Gasteiger partial charge in [-0.1, -0.05) is 65.3 Å². The monoisotopic (exact) mass is 649 g/mol. The Balaban J connectivity index is 1.57. The predicted octanol–water partition coefficient (Wildman–Crippen LogP) is 6.72. The van der Waals surface area contributed by atoms with E-state index in [0.717, 1.165) is 0 Å². The summed E-state index contributed by atoms with van der Waals surface area (Å²) in [5, 5.41) is 17.3. The topological polar surface area (TPSA) is 137 Å². The third kappa shape index (κ3) is 7.68. The lowest BCUT2D eigenvalue weighted by Gasteiger charge is -2.42. The van der Waals surface area contributed by atoms with Crippen molar-refractivity contribution in [3.63, 3.8) is 0 Å². The van der Waals surface area contributed by atoms with Crippen LogP contribution >= 0.6 is 11.6 Å². The highest BCUT2D eigenvalue weighted by Gasteiger charge is 2.45. The molecule has 4 rings (SSSR count). The van der Waals surface area contributed by atoms with Crippen LogP contribution in [-0.4, -0.2) is 64.4 Å². The standard InChI is InChI=1S/C32H40ClN7O4Si/c1-20(2)45(21(3)4,22(5)6)43-17-23(7)42-18-28(31(41)39-29-13-12-24(14-34)15-35-29)44-32-25-16-38-40(30(25)36-19-37-32)27-11-9-8-10-26(27)33/h8-13,15-16,19-23,28H,17-18H2,1-7H3,(H,35,39,41). The van der Waals surface area contributed by atoms with Gasteiger partial charge in [-0.15, -0.1) is 0 Å². The number of amides is 1. The minimum absolute atomic E-state index is 0.0869. The lowest BCUT2D eigenvalue weighted by molar-refractivity contribution is -0.127. The molecule has 13 heteroatoms. The van der Waals surface area contributed by atoms with Crippen molar-refractivity contribution in [2.45, 2.75) is 77.3 Å². The van der Waals surface area contributed by atoms with Crippen LogP contribution in [-0.2, 0) is 14.0 Å². The van der Waals surface area contributed by atoms with Gasteiger partial charge in [0.25, 0.3) is 5.91 Å². The molecular formula is C32H40ClN7O4Si. The van der Waals surface area contributed by atoms with Crippen molar-refractivity contribution in [1.82, 2.24) is 24.7 Å². The molecule has 0 bridgehead atoms. The summed E-state index contributed by atoms with van der Waals surface area (Å²) in [4.78, 5) is 26.4. The summed E-state index contributed by atoms with van der Waals surface area (Å²) in [6, 6.07) is 12.4. The van der Waals surface area contributed by atoms with Gasteiger partial charge in [-0.2, -0.15) is 10.4 Å². The van der Waals surface area contributed by atoms with Gasteiger partial charge in [-0.25, -0.2) is 19.6 Å². The Labute approximate surface area is 270 Å². The van der Waals surface area contributed by atoms with Crippen molar-refractivity contribution in [1.29, 1.82) is 5.26 Å². The second kappa shape index (κ2) is 14.9. The molecule has 11 nitrogen and oxygen atoms in total. The summed E-state index contributed by atoms with van der Waals surface area (Å²) in [7, 11) is -2.11. The molecule has 0 radical (unpaired) electrons. The van der Waals surface area contributed by atoms with E-state index in [1.165, 1.54) is 12.5 Å². The zero-order valence-corrected chi connectivity index (χ0v) is 28.4. The number of fused-ring (bicyclic) bond motifs is 1. The van der Waals surface area contributed by atoms with E-state index >= 15 is 0 Å². The van der Waals surface area contributed by atoms with Crippen LogP contribution in [0.15, 0.2) is 55.1 Å². The number of nitrogens with zero attached hydrogens (tertiary/aromatic N) is 6. The molecule has 4 aromatic rings. The minimum Gasteiger partial charge on any atom is -0.461 e. The van der Waals surface area contributed by atoms with Gasteiger partial charge >= 0.3 is 0 Å². The fourth-order valence-electron chi connectivity index (χ4n) is 5.82. The van der Waals surface area contributed by atoms with Gasteiger partial charge in [0.05, 0.1) is 41.8 Å². The number of ether oxygens (including phenoxy) is 2. The van der Waals surface area contributed by atoms with E-state index < -0.39 is 20.3 Å². The zero-order valence-electron chi connectivity index (χ0n) is 26.7. The van der Waals surface area contributed by atoms with Crippen molar-refractivity contribution >= 4 is 42.7 Å². The van der Waals surface area contributed by atoms with E-state index in [-0.39, 0.29) is 24.4 Å². The molecule has 3 aromatic heterocycles. The number of aromatic nitrogens is 5. The molecule has 2 atom stereocenters. The highest BCUT2D eigenvalue weighted by Crippen LogP contribution is 2.42. The maximum Gasteiger partial charge on any atom is 0.269 e. The maximum atomic E-state index is 13.5. The summed E-state index contributed by atoms with van der Waals surface area (Å²) < 4.78 is 20.7. The first-order chi connectivity index (χ1) is 21.5. The number of pyridine rings is 1. The van der Waals surface area contributed by atoms with Crippen LogP contribution in [0.5, 0.6) is 5.88 Å². The summed E-state index contributed by atoms with van der Waals surface area (Å²) in [6.07, 6.45) is 2.86. The number of anilines is 1. The molecule has 2 unspecified atom stereocenters. The Morgan fingerprint density at radius 3 is 2.31 bits per heavy atom. The molecule has 45 heavy (non-hydrogen) atoms. The number of carbonyl (C=O) groups is 1. The Morgan fingerprint density at radius 2 is 1.69 bits per heavy atom. The lowest BCUT2D eigenvalue weighted by Crippen LogP contribution is -2.49. The normalized spacial score (nSPS) is 13.3. The average Bonchev–Trinajstić information content (AvgIpc) is 3.44. The van der Waals surface area contributed by atoms with E-state index in [1.807, 2.05) is 31.2 Å². The smallest absolute Gasteiger partial charge is 0.269 e. The summed E-state index contributed by atoms with van der Waals surface area (Å²) in [6.45, 7) is 15.6. The van der Waals surface area contributed by atoms with Crippen molar-refractivity contribution in [3.05, 3.63) is 65.7 Å². The van der Waals surface area contributed by atoms with Crippen LogP contribution in [0.2, 0.25) is 21.6 Å². The van der Waals surface area contributed by atoms with Crippen LogP contribution in [0, 0.1) is 11.3 Å². The zero-order chi connectivity index (χ0) is 32.7. The summed E-state index contributed by atoms with van der Waals surface area (Å²) in [5.74, 6) is -0.0737. The largest absolute Gasteiger partial charge is 0.461 e. The Kier molecular flexibility index (Phi) is 11.3. The first-order valence-corrected chi connectivity index (χ1v) is 17.5. The van der Waals surface area contributed by atoms with Gasteiger partial charge in [0.2, 0.25) is 12.0 Å². The molecule has 3 heterocycles. The predicted molar refractivity (Wildman–Crippen MR) is 176 cm³/mol. The van der Waals surface area contributed by atoms with E-state index in [0.29, 0.717) is 50.5 Å². The molecule has 1 amide bonds. The van der Waals surface area contributed by atoms with E-state index in [9.17, 15) is 4.79 Å². The Hall–Kier alpha value is -3.89. The number of nitrogens with one attached hydrogen (secondary N) is 1. The van der Waals surface area contributed by atoms with Gasteiger partial charge in [0.1, 0.15) is 23.6 Å². The van der Waals surface area contributed by atoms with Crippen LogP contribution in [0.4, 0.5) is 5.82 Å². The fraction of sp³-hybridized carbons (Fsp3) is 0.438. The Morgan fingerprint density at radius 1 is 0.978 bits per heavy atom. The first kappa shape index (κ1) is 34.0. The minimum atomic E-state index is -2.11. The highest BCUT2D eigenvalue weighted by molar-refractivity contribution is 6.77. The number of benzene rings is 1. The molecule has 0 aliphatic rings. The van der Waals surface area contributed by atoms with Crippen LogP contribution < -0.4 is 10.1 Å². The van der Waals surface area contributed by atoms with E-state index in [1.54, 1.807) is 29.1 Å². The molecule has 0 saturated heterocycles. The lowest BCUT2D eigenvalue weighted by atomic mass is 10.3. The number of halogens is 1. The van der Waals surface area contributed by atoms with Crippen LogP contribution in [0.1, 0.15) is 54.0 Å². The molecule has 0 spiro atoms. The number of para-hydroxylation sites is 1. The molecule has 0 fully saturated rings.